The summed E-state index contributed by atoms with van der Waals surface area (Å²) >= 11 is 0. The molecule has 1 saturated carbocycles. The van der Waals surface area contributed by atoms with Crippen molar-refractivity contribution in [1.29, 1.82) is 0 Å². The predicted molar refractivity (Wildman–Crippen MR) is 147 cm³/mol. The average Bonchev–Trinajstić information content (AvgIpc) is 2.91. The first kappa shape index (κ1) is 27.0. The zero-order chi connectivity index (χ0) is 26.2. The molecule has 1 aliphatic rings. The lowest BCUT2D eigenvalue weighted by Gasteiger charge is -2.29. The van der Waals surface area contributed by atoms with Crippen LogP contribution in [-0.2, 0) is 0 Å². The second-order valence-corrected chi connectivity index (χ2v) is 10.1. The minimum Gasteiger partial charge on any atom is -0.491 e. The van der Waals surface area contributed by atoms with Crippen LogP contribution in [0.3, 0.4) is 0 Å². The molecule has 0 heterocycles. The Balaban J connectivity index is 1.41. The highest BCUT2D eigenvalue weighted by Crippen LogP contribution is 2.40. The van der Waals surface area contributed by atoms with E-state index in [-0.39, 0.29) is 17.2 Å². The molecule has 0 spiro atoms. The van der Waals surface area contributed by atoms with E-state index in [1.54, 1.807) is 42.5 Å². The van der Waals surface area contributed by atoms with Crippen molar-refractivity contribution in [2.75, 3.05) is 6.61 Å². The summed E-state index contributed by atoms with van der Waals surface area (Å²) in [5.74, 6) is -0.800. The van der Waals surface area contributed by atoms with Crippen molar-refractivity contribution in [3.05, 3.63) is 88.7 Å². The maximum atomic E-state index is 15.1. The monoisotopic (exact) mass is 506 g/mol. The second-order valence-electron chi connectivity index (χ2n) is 10.1. The first-order valence-corrected chi connectivity index (χ1v) is 13.7. The van der Waals surface area contributed by atoms with Crippen molar-refractivity contribution in [1.82, 2.24) is 0 Å². The van der Waals surface area contributed by atoms with Gasteiger partial charge in [0.1, 0.15) is 0 Å². The molecule has 0 saturated heterocycles. The fraction of sp³-hybridized carbons (Fsp3) is 0.394. The molecular formula is C33H37F3O. The number of rotatable bonds is 10. The minimum absolute atomic E-state index is 0.103. The van der Waals surface area contributed by atoms with E-state index in [0.717, 1.165) is 37.2 Å². The fourth-order valence-electron chi connectivity index (χ4n) is 5.41. The van der Waals surface area contributed by atoms with Gasteiger partial charge in [0.15, 0.2) is 23.2 Å². The first-order valence-electron chi connectivity index (χ1n) is 13.7. The van der Waals surface area contributed by atoms with Gasteiger partial charge in [0.05, 0.1) is 6.61 Å². The Kier molecular flexibility index (Phi) is 9.49. The second kappa shape index (κ2) is 13.0. The summed E-state index contributed by atoms with van der Waals surface area (Å²) in [6.07, 6.45) is 12.8. The maximum absolute atomic E-state index is 15.1. The number of benzene rings is 3. The van der Waals surface area contributed by atoms with E-state index in [1.165, 1.54) is 31.7 Å². The molecule has 3 aromatic rings. The zero-order valence-corrected chi connectivity index (χ0v) is 21.9. The molecule has 1 aliphatic carbocycles. The molecule has 0 atom stereocenters. The number of halogens is 3. The Hall–Kier alpha value is -3.01. The van der Waals surface area contributed by atoms with Gasteiger partial charge >= 0.3 is 0 Å². The van der Waals surface area contributed by atoms with Gasteiger partial charge in [-0.2, -0.15) is 0 Å². The van der Waals surface area contributed by atoms with Crippen molar-refractivity contribution in [3.8, 4) is 16.9 Å². The van der Waals surface area contributed by atoms with Crippen molar-refractivity contribution >= 4 is 12.2 Å². The molecule has 0 aliphatic heterocycles. The Bertz CT molecular complexity index is 1190. The normalized spacial score (nSPS) is 17.9. The Morgan fingerprint density at radius 2 is 1.49 bits per heavy atom. The molecule has 1 nitrogen and oxygen atoms in total. The highest BCUT2D eigenvalue weighted by Gasteiger charge is 2.26. The van der Waals surface area contributed by atoms with Crippen LogP contribution in [-0.4, -0.2) is 6.61 Å². The number of unbranched alkanes of at least 4 members (excludes halogenated alkanes) is 2. The average molecular weight is 507 g/mol. The summed E-state index contributed by atoms with van der Waals surface area (Å²) in [5.41, 5.74) is 3.02. The molecule has 0 aromatic heterocycles. The third-order valence-electron chi connectivity index (χ3n) is 7.56. The Labute approximate surface area is 219 Å². The topological polar surface area (TPSA) is 9.23 Å². The molecule has 4 heteroatoms. The van der Waals surface area contributed by atoms with Crippen LogP contribution in [0.2, 0.25) is 0 Å². The summed E-state index contributed by atoms with van der Waals surface area (Å²) in [6, 6.07) is 15.6. The summed E-state index contributed by atoms with van der Waals surface area (Å²) in [4.78, 5) is 0. The molecule has 0 amide bonds. The zero-order valence-electron chi connectivity index (χ0n) is 21.9. The van der Waals surface area contributed by atoms with Gasteiger partial charge in [0.2, 0.25) is 0 Å². The molecule has 0 radical (unpaired) electrons. The van der Waals surface area contributed by atoms with E-state index in [9.17, 15) is 4.39 Å². The van der Waals surface area contributed by atoms with Gasteiger partial charge in [0.25, 0.3) is 0 Å². The van der Waals surface area contributed by atoms with Gasteiger partial charge in [0, 0.05) is 5.56 Å². The molecule has 0 bridgehead atoms. The maximum Gasteiger partial charge on any atom is 0.166 e. The van der Waals surface area contributed by atoms with Crippen LogP contribution in [0.1, 0.15) is 87.8 Å². The summed E-state index contributed by atoms with van der Waals surface area (Å²) < 4.78 is 49.6. The molecule has 37 heavy (non-hydrogen) atoms. The van der Waals surface area contributed by atoms with Crippen LogP contribution in [0.15, 0.2) is 54.6 Å². The molecule has 3 aromatic carbocycles. The van der Waals surface area contributed by atoms with Crippen LogP contribution in [0, 0.1) is 23.4 Å². The fourth-order valence-corrected chi connectivity index (χ4v) is 5.41. The predicted octanol–water partition coefficient (Wildman–Crippen LogP) is 10.2. The van der Waals surface area contributed by atoms with Gasteiger partial charge in [-0.3, -0.25) is 0 Å². The quantitative estimate of drug-likeness (QED) is 0.196. The van der Waals surface area contributed by atoms with Crippen LogP contribution in [0.4, 0.5) is 13.2 Å². The smallest absolute Gasteiger partial charge is 0.166 e. The lowest BCUT2D eigenvalue weighted by atomic mass is 9.76. The van der Waals surface area contributed by atoms with E-state index in [4.69, 9.17) is 4.74 Å². The SMILES string of the molecule is CCCCCC1CCC(c2ccc(-c3ccc(/C=C/c4ccc(OCC)c(F)c4)cc3)c(F)c2F)CC1. The summed E-state index contributed by atoms with van der Waals surface area (Å²) in [7, 11) is 0. The first-order chi connectivity index (χ1) is 18.0. The molecule has 4 rings (SSSR count). The molecule has 196 valence electrons. The van der Waals surface area contributed by atoms with Crippen molar-refractivity contribution in [2.45, 2.75) is 71.1 Å². The molecular weight excluding hydrogens is 469 g/mol. The van der Waals surface area contributed by atoms with E-state index < -0.39 is 17.5 Å². The third-order valence-corrected chi connectivity index (χ3v) is 7.56. The number of hydrogen-bond donors (Lipinski definition) is 0. The summed E-state index contributed by atoms with van der Waals surface area (Å²) in [5, 5.41) is 0. The van der Waals surface area contributed by atoms with Crippen LogP contribution < -0.4 is 4.74 Å². The lowest BCUT2D eigenvalue weighted by molar-refractivity contribution is 0.298. The van der Waals surface area contributed by atoms with Crippen molar-refractivity contribution < 1.29 is 17.9 Å². The van der Waals surface area contributed by atoms with E-state index in [0.29, 0.717) is 23.3 Å². The van der Waals surface area contributed by atoms with Crippen molar-refractivity contribution in [3.63, 3.8) is 0 Å². The molecule has 1 fully saturated rings. The van der Waals surface area contributed by atoms with Gasteiger partial charge in [-0.15, -0.1) is 0 Å². The van der Waals surface area contributed by atoms with E-state index in [2.05, 4.69) is 6.92 Å². The Morgan fingerprint density at radius 3 is 2.16 bits per heavy atom. The van der Waals surface area contributed by atoms with Crippen LogP contribution in [0.5, 0.6) is 5.75 Å². The standard InChI is InChI=1S/C33H37F3O/c1-3-5-6-7-23-10-15-26(16-11-23)28-19-20-29(33(36)32(28)35)27-17-12-24(13-18-27)8-9-25-14-21-31(37-4-2)30(34)22-25/h8-9,12-14,17-23,26H,3-7,10-11,15-16H2,1-2H3/b9-8+. The number of hydrogen-bond acceptors (Lipinski definition) is 1. The minimum atomic E-state index is -0.768. The number of ether oxygens (including phenoxy) is 1. The highest BCUT2D eigenvalue weighted by atomic mass is 19.2. The van der Waals surface area contributed by atoms with E-state index in [1.807, 2.05) is 25.1 Å². The van der Waals surface area contributed by atoms with Crippen molar-refractivity contribution in [2.24, 2.45) is 5.92 Å². The molecule has 0 unspecified atom stereocenters. The lowest BCUT2D eigenvalue weighted by Crippen LogP contribution is -2.15. The van der Waals surface area contributed by atoms with E-state index >= 15 is 8.78 Å². The third kappa shape index (κ3) is 6.85. The molecule has 0 N–H and O–H groups in total. The largest absolute Gasteiger partial charge is 0.491 e. The Morgan fingerprint density at radius 1 is 0.784 bits per heavy atom. The van der Waals surface area contributed by atoms with Gasteiger partial charge in [-0.05, 0) is 78.8 Å². The highest BCUT2D eigenvalue weighted by molar-refractivity contribution is 5.72. The van der Waals surface area contributed by atoms with Gasteiger partial charge < -0.3 is 4.74 Å². The van der Waals surface area contributed by atoms with Gasteiger partial charge in [-0.25, -0.2) is 13.2 Å². The van der Waals surface area contributed by atoms with Gasteiger partial charge in [-0.1, -0.05) is 87.2 Å². The van der Waals surface area contributed by atoms with Crippen LogP contribution in [0.25, 0.3) is 23.3 Å². The summed E-state index contributed by atoms with van der Waals surface area (Å²) in [6.45, 7) is 4.44. The van der Waals surface area contributed by atoms with Crippen LogP contribution >= 0.6 is 0 Å².